The minimum Gasteiger partial charge on any atom is -0.479 e. The number of aryl methyl sites for hydroxylation is 1. The molecule has 0 bridgehead atoms. The van der Waals surface area contributed by atoms with Crippen LogP contribution in [-0.2, 0) is 9.53 Å². The standard InChI is InChI=1S/C27H30N4O3/c1-17-23(25(26(32)33)34-27(2,3)4)24(19-12-14-20(15-13-19)30(5)6)31-22(28-17)16-21(29-31)18-10-8-7-9-11-18/h7-16,25H,1-6H3,(H,32,33). The summed E-state index contributed by atoms with van der Waals surface area (Å²) in [6, 6.07) is 19.7. The number of benzene rings is 2. The van der Waals surface area contributed by atoms with Gasteiger partial charge in [0.25, 0.3) is 0 Å². The first-order valence-corrected chi connectivity index (χ1v) is 11.2. The molecule has 0 fully saturated rings. The summed E-state index contributed by atoms with van der Waals surface area (Å²) in [4.78, 5) is 19.2. The molecule has 2 aromatic carbocycles. The molecule has 0 amide bonds. The van der Waals surface area contributed by atoms with E-state index in [0.29, 0.717) is 22.6 Å². The number of nitrogens with zero attached hydrogens (tertiary/aromatic N) is 4. The summed E-state index contributed by atoms with van der Waals surface area (Å²) < 4.78 is 7.78. The molecular formula is C27H30N4O3. The first kappa shape index (κ1) is 23.4. The van der Waals surface area contributed by atoms with E-state index in [0.717, 1.165) is 22.5 Å². The molecule has 0 aliphatic rings. The van der Waals surface area contributed by atoms with E-state index in [1.54, 1.807) is 4.52 Å². The molecule has 0 spiro atoms. The first-order chi connectivity index (χ1) is 16.0. The Morgan fingerprint density at radius 1 is 1.03 bits per heavy atom. The fourth-order valence-corrected chi connectivity index (χ4v) is 3.98. The Morgan fingerprint density at radius 3 is 2.24 bits per heavy atom. The van der Waals surface area contributed by atoms with E-state index in [1.807, 2.05) is 107 Å². The molecule has 2 aromatic heterocycles. The molecule has 1 unspecified atom stereocenters. The summed E-state index contributed by atoms with van der Waals surface area (Å²) in [5.74, 6) is -1.07. The number of hydrogen-bond acceptors (Lipinski definition) is 5. The second-order valence-electron chi connectivity index (χ2n) is 9.51. The summed E-state index contributed by atoms with van der Waals surface area (Å²) in [5, 5.41) is 15.0. The van der Waals surface area contributed by atoms with Crippen molar-refractivity contribution in [2.24, 2.45) is 0 Å². The number of hydrogen-bond donors (Lipinski definition) is 1. The van der Waals surface area contributed by atoms with Crippen LogP contribution in [0.4, 0.5) is 5.69 Å². The third kappa shape index (κ3) is 4.65. The molecule has 2 heterocycles. The number of aliphatic carboxylic acids is 1. The number of rotatable bonds is 6. The third-order valence-corrected chi connectivity index (χ3v) is 5.51. The Balaban J connectivity index is 2.02. The smallest absolute Gasteiger partial charge is 0.337 e. The van der Waals surface area contributed by atoms with Crippen molar-refractivity contribution in [2.45, 2.75) is 39.4 Å². The van der Waals surface area contributed by atoms with Crippen LogP contribution in [0, 0.1) is 6.92 Å². The third-order valence-electron chi connectivity index (χ3n) is 5.51. The van der Waals surface area contributed by atoms with Gasteiger partial charge in [-0.3, -0.25) is 0 Å². The highest BCUT2D eigenvalue weighted by molar-refractivity contribution is 5.81. The van der Waals surface area contributed by atoms with Crippen LogP contribution in [0.2, 0.25) is 0 Å². The molecule has 0 radical (unpaired) electrons. The molecule has 1 N–H and O–H groups in total. The van der Waals surface area contributed by atoms with Crippen LogP contribution >= 0.6 is 0 Å². The lowest BCUT2D eigenvalue weighted by atomic mass is 9.98. The molecule has 0 aliphatic carbocycles. The highest BCUT2D eigenvalue weighted by Gasteiger charge is 2.33. The van der Waals surface area contributed by atoms with Crippen molar-refractivity contribution in [3.63, 3.8) is 0 Å². The van der Waals surface area contributed by atoms with Gasteiger partial charge in [-0.05, 0) is 39.8 Å². The van der Waals surface area contributed by atoms with Gasteiger partial charge in [0, 0.05) is 48.2 Å². The van der Waals surface area contributed by atoms with Crippen molar-refractivity contribution in [3.05, 3.63) is 71.9 Å². The van der Waals surface area contributed by atoms with Crippen molar-refractivity contribution in [3.8, 4) is 22.5 Å². The largest absolute Gasteiger partial charge is 0.479 e. The Kier molecular flexibility index (Phi) is 6.15. The average Bonchev–Trinajstić information content (AvgIpc) is 3.20. The maximum atomic E-state index is 12.4. The van der Waals surface area contributed by atoms with Crippen LogP contribution < -0.4 is 4.90 Å². The molecule has 176 valence electrons. The normalized spacial score (nSPS) is 12.6. The van der Waals surface area contributed by atoms with Gasteiger partial charge in [0.15, 0.2) is 11.8 Å². The second kappa shape index (κ2) is 8.91. The van der Waals surface area contributed by atoms with Gasteiger partial charge in [-0.2, -0.15) is 5.10 Å². The summed E-state index contributed by atoms with van der Waals surface area (Å²) in [6.45, 7) is 7.36. The van der Waals surface area contributed by atoms with E-state index in [1.165, 1.54) is 0 Å². The predicted molar refractivity (Wildman–Crippen MR) is 134 cm³/mol. The average molecular weight is 459 g/mol. The molecule has 1 atom stereocenters. The minimum atomic E-state index is -1.20. The molecule has 4 rings (SSSR count). The Bertz CT molecular complexity index is 1320. The number of ether oxygens (including phenoxy) is 1. The van der Waals surface area contributed by atoms with E-state index < -0.39 is 17.7 Å². The monoisotopic (exact) mass is 458 g/mol. The van der Waals surface area contributed by atoms with Crippen LogP contribution in [-0.4, -0.2) is 45.4 Å². The summed E-state index contributed by atoms with van der Waals surface area (Å²) >= 11 is 0. The summed E-state index contributed by atoms with van der Waals surface area (Å²) in [5.41, 5.74) is 5.32. The van der Waals surface area contributed by atoms with Gasteiger partial charge in [0.2, 0.25) is 0 Å². The summed E-state index contributed by atoms with van der Waals surface area (Å²) in [7, 11) is 3.96. The fraction of sp³-hybridized carbons (Fsp3) is 0.296. The first-order valence-electron chi connectivity index (χ1n) is 11.2. The number of carboxylic acids is 1. The van der Waals surface area contributed by atoms with E-state index >= 15 is 0 Å². The molecule has 0 saturated heterocycles. The Labute approximate surface area is 199 Å². The molecular weight excluding hydrogens is 428 g/mol. The number of aromatic nitrogens is 3. The molecule has 7 heteroatoms. The molecule has 4 aromatic rings. The van der Waals surface area contributed by atoms with Crippen LogP contribution in [0.3, 0.4) is 0 Å². The zero-order valence-corrected chi connectivity index (χ0v) is 20.4. The van der Waals surface area contributed by atoms with Crippen molar-refractivity contribution in [2.75, 3.05) is 19.0 Å². The fourth-order valence-electron chi connectivity index (χ4n) is 3.98. The van der Waals surface area contributed by atoms with Gasteiger partial charge in [-0.1, -0.05) is 42.5 Å². The maximum absolute atomic E-state index is 12.4. The van der Waals surface area contributed by atoms with Gasteiger partial charge in [-0.25, -0.2) is 14.3 Å². The van der Waals surface area contributed by atoms with E-state index in [9.17, 15) is 9.90 Å². The van der Waals surface area contributed by atoms with Crippen molar-refractivity contribution in [1.82, 2.24) is 14.6 Å². The van der Waals surface area contributed by atoms with Gasteiger partial charge in [-0.15, -0.1) is 0 Å². The van der Waals surface area contributed by atoms with Crippen LogP contribution in [0.1, 0.15) is 38.1 Å². The van der Waals surface area contributed by atoms with E-state index in [2.05, 4.69) is 0 Å². The topological polar surface area (TPSA) is 80.0 Å². The highest BCUT2D eigenvalue weighted by Crippen LogP contribution is 2.36. The van der Waals surface area contributed by atoms with Crippen LogP contribution in [0.15, 0.2) is 60.7 Å². The Hall–Kier alpha value is -3.71. The number of fused-ring (bicyclic) bond motifs is 1. The van der Waals surface area contributed by atoms with Gasteiger partial charge in [0.05, 0.1) is 17.0 Å². The van der Waals surface area contributed by atoms with Crippen LogP contribution in [0.5, 0.6) is 0 Å². The number of anilines is 1. The quantitative estimate of drug-likeness (QED) is 0.418. The highest BCUT2D eigenvalue weighted by atomic mass is 16.5. The van der Waals surface area contributed by atoms with E-state index in [4.69, 9.17) is 14.8 Å². The molecule has 7 nitrogen and oxygen atoms in total. The van der Waals surface area contributed by atoms with Gasteiger partial charge >= 0.3 is 5.97 Å². The zero-order chi connectivity index (χ0) is 24.6. The lowest BCUT2D eigenvalue weighted by Crippen LogP contribution is -2.29. The Morgan fingerprint density at radius 2 is 1.68 bits per heavy atom. The number of carbonyl (C=O) groups is 1. The lowest BCUT2D eigenvalue weighted by molar-refractivity contribution is -0.160. The second-order valence-corrected chi connectivity index (χ2v) is 9.51. The van der Waals surface area contributed by atoms with Crippen molar-refractivity contribution < 1.29 is 14.6 Å². The SMILES string of the molecule is Cc1nc2cc(-c3ccccc3)nn2c(-c2ccc(N(C)C)cc2)c1C(OC(C)(C)C)C(=O)O. The van der Waals surface area contributed by atoms with Crippen molar-refractivity contribution >= 4 is 17.3 Å². The summed E-state index contributed by atoms with van der Waals surface area (Å²) in [6.07, 6.45) is -1.20. The molecule has 0 saturated carbocycles. The van der Waals surface area contributed by atoms with Gasteiger partial charge < -0.3 is 14.7 Å². The van der Waals surface area contributed by atoms with Crippen LogP contribution in [0.25, 0.3) is 28.2 Å². The molecule has 34 heavy (non-hydrogen) atoms. The number of carboxylic acid groups (broad SMARTS) is 1. The maximum Gasteiger partial charge on any atom is 0.337 e. The zero-order valence-electron chi connectivity index (χ0n) is 20.4. The minimum absolute atomic E-state index is 0.496. The van der Waals surface area contributed by atoms with Gasteiger partial charge in [0.1, 0.15) is 0 Å². The molecule has 0 aliphatic heterocycles. The van der Waals surface area contributed by atoms with E-state index in [-0.39, 0.29) is 0 Å². The predicted octanol–water partition coefficient (Wildman–Crippen LogP) is 5.38. The van der Waals surface area contributed by atoms with Crippen molar-refractivity contribution in [1.29, 1.82) is 0 Å². The lowest BCUT2D eigenvalue weighted by Gasteiger charge is -2.27.